The van der Waals surface area contributed by atoms with Gasteiger partial charge in [-0.05, 0) is 81.9 Å². The second-order valence-corrected chi connectivity index (χ2v) is 9.81. The summed E-state index contributed by atoms with van der Waals surface area (Å²) in [6.07, 6.45) is 0. The Balaban J connectivity index is 0.00000218. The number of hydrogen-bond acceptors (Lipinski definition) is 5. The molecule has 5 nitrogen and oxygen atoms in total. The van der Waals surface area contributed by atoms with E-state index in [1.54, 1.807) is 24.3 Å². The molecule has 2 aliphatic heterocycles. The lowest BCUT2D eigenvalue weighted by atomic mass is 9.77. The number of phenolic OH excluding ortho intramolecular Hbond substituents is 2. The minimum absolute atomic E-state index is 0. The molecule has 10 heteroatoms. The summed E-state index contributed by atoms with van der Waals surface area (Å²) in [6, 6.07) is 10.5. The average molecular weight is 678 g/mol. The summed E-state index contributed by atoms with van der Waals surface area (Å²) in [5.74, 6) is -0.0230. The maximum absolute atomic E-state index is 12.8. The molecule has 30 heavy (non-hydrogen) atoms. The van der Waals surface area contributed by atoms with Gasteiger partial charge in [-0.1, -0.05) is 18.2 Å². The van der Waals surface area contributed by atoms with Gasteiger partial charge in [0.05, 0.1) is 25.6 Å². The van der Waals surface area contributed by atoms with Crippen LogP contribution in [0.2, 0.25) is 0 Å². The van der Waals surface area contributed by atoms with Crippen LogP contribution in [0, 0.1) is 0 Å². The number of aromatic hydroxyl groups is 2. The molecule has 0 fully saturated rings. The molecular formula is C20H11AlBr4O5. The van der Waals surface area contributed by atoms with Crippen LogP contribution in [0.25, 0.3) is 0 Å². The Morgan fingerprint density at radius 2 is 1.30 bits per heavy atom. The summed E-state index contributed by atoms with van der Waals surface area (Å²) in [5.41, 5.74) is 0.819. The molecule has 0 unspecified atom stereocenters. The highest BCUT2D eigenvalue weighted by Gasteiger charge is 2.55. The Morgan fingerprint density at radius 1 is 0.800 bits per heavy atom. The Labute approximate surface area is 215 Å². The highest BCUT2D eigenvalue weighted by Crippen LogP contribution is 2.62. The number of esters is 1. The molecule has 0 atom stereocenters. The predicted octanol–water partition coefficient (Wildman–Crippen LogP) is 5.53. The third-order valence-electron chi connectivity index (χ3n) is 5.03. The van der Waals surface area contributed by atoms with E-state index in [9.17, 15) is 15.0 Å². The third kappa shape index (κ3) is 2.78. The van der Waals surface area contributed by atoms with E-state index in [-0.39, 0.29) is 40.4 Å². The topological polar surface area (TPSA) is 76.0 Å². The highest BCUT2D eigenvalue weighted by molar-refractivity contribution is 9.11. The van der Waals surface area contributed by atoms with Crippen molar-refractivity contribution in [2.45, 2.75) is 5.60 Å². The number of rotatable bonds is 0. The van der Waals surface area contributed by atoms with Gasteiger partial charge in [-0.2, -0.15) is 0 Å². The normalized spacial score (nSPS) is 14.9. The van der Waals surface area contributed by atoms with E-state index < -0.39 is 11.6 Å². The Kier molecular flexibility index (Phi) is 5.58. The minimum Gasteiger partial charge on any atom is -0.505 e. The first-order chi connectivity index (χ1) is 13.8. The van der Waals surface area contributed by atoms with Crippen molar-refractivity contribution in [3.8, 4) is 23.0 Å². The van der Waals surface area contributed by atoms with E-state index in [1.807, 2.05) is 12.1 Å². The summed E-state index contributed by atoms with van der Waals surface area (Å²) in [5, 5.41) is 20.8. The van der Waals surface area contributed by atoms with Crippen LogP contribution in [-0.4, -0.2) is 33.5 Å². The summed E-state index contributed by atoms with van der Waals surface area (Å²) >= 11 is 13.5. The number of hydrogen-bond donors (Lipinski definition) is 2. The van der Waals surface area contributed by atoms with Gasteiger partial charge in [0.2, 0.25) is 0 Å². The Bertz CT molecular complexity index is 1200. The van der Waals surface area contributed by atoms with Crippen molar-refractivity contribution in [2.75, 3.05) is 0 Å². The van der Waals surface area contributed by atoms with Crippen LogP contribution in [0.3, 0.4) is 0 Å². The largest absolute Gasteiger partial charge is 0.505 e. The van der Waals surface area contributed by atoms with Gasteiger partial charge in [0.15, 0.2) is 34.5 Å². The lowest BCUT2D eigenvalue weighted by Gasteiger charge is -2.37. The van der Waals surface area contributed by atoms with Gasteiger partial charge in [-0.25, -0.2) is 4.79 Å². The molecule has 0 radical (unpaired) electrons. The Morgan fingerprint density at radius 3 is 1.83 bits per heavy atom. The average Bonchev–Trinajstić information content (AvgIpc) is 3.00. The number of carbonyl (C=O) groups excluding carboxylic acids is 1. The second-order valence-electron chi connectivity index (χ2n) is 6.51. The molecule has 0 saturated carbocycles. The zero-order chi connectivity index (χ0) is 20.7. The van der Waals surface area contributed by atoms with Crippen molar-refractivity contribution in [1.82, 2.24) is 0 Å². The van der Waals surface area contributed by atoms with Crippen LogP contribution in [-0.2, 0) is 10.3 Å². The third-order valence-corrected chi connectivity index (χ3v) is 7.71. The molecule has 2 N–H and O–H groups in total. The summed E-state index contributed by atoms with van der Waals surface area (Å²) in [6.45, 7) is 0. The van der Waals surface area contributed by atoms with Crippen molar-refractivity contribution >= 4 is 87.1 Å². The summed E-state index contributed by atoms with van der Waals surface area (Å²) < 4.78 is 13.6. The lowest BCUT2D eigenvalue weighted by Crippen LogP contribution is -2.33. The quantitative estimate of drug-likeness (QED) is 0.242. The number of ether oxygens (including phenoxy) is 2. The molecule has 2 aliphatic rings. The standard InChI is InChI=1S/C20H8Br4O5.Al.3H/c21-11-5-9-17(13(23)15(11)25)28-18-10(6-12(22)16(26)14(18)24)20(9)8-4-2-1-3-7(8)19(27)29-20;;;;/h1-6,25-26H;;;;. The number of carbonyl (C=O) groups is 1. The maximum Gasteiger partial charge on any atom is 0.340 e. The number of fused-ring (bicyclic) bond motifs is 6. The fraction of sp³-hybridized carbons (Fsp3) is 0.0500. The number of halogens is 4. The van der Waals surface area contributed by atoms with E-state index in [1.165, 1.54) is 0 Å². The van der Waals surface area contributed by atoms with Gasteiger partial charge in [0, 0.05) is 5.56 Å². The van der Waals surface area contributed by atoms with Crippen molar-refractivity contribution in [3.05, 3.63) is 76.5 Å². The molecule has 2 heterocycles. The van der Waals surface area contributed by atoms with E-state index in [4.69, 9.17) is 9.47 Å². The second kappa shape index (κ2) is 7.54. The SMILES string of the molecule is O=C1OC2(c3ccccc31)c1cc(Br)c(O)c(Br)c1Oc1c2cc(Br)c(O)c1Br.[AlH3]. The minimum atomic E-state index is -1.33. The summed E-state index contributed by atoms with van der Waals surface area (Å²) in [7, 11) is 0. The molecule has 0 aliphatic carbocycles. The molecule has 3 aromatic rings. The van der Waals surface area contributed by atoms with Crippen LogP contribution >= 0.6 is 63.7 Å². The van der Waals surface area contributed by atoms with Gasteiger partial charge in [-0.15, -0.1) is 0 Å². The molecule has 5 rings (SSSR count). The van der Waals surface area contributed by atoms with Gasteiger partial charge < -0.3 is 19.7 Å². The first kappa shape index (κ1) is 22.2. The highest BCUT2D eigenvalue weighted by atomic mass is 79.9. The molecule has 0 saturated heterocycles. The number of phenols is 2. The van der Waals surface area contributed by atoms with Crippen molar-refractivity contribution in [3.63, 3.8) is 0 Å². The molecule has 0 bridgehead atoms. The van der Waals surface area contributed by atoms with Crippen LogP contribution in [0.15, 0.2) is 54.3 Å². The fourth-order valence-electron chi connectivity index (χ4n) is 3.77. The van der Waals surface area contributed by atoms with E-state index in [0.717, 1.165) is 0 Å². The van der Waals surface area contributed by atoms with Gasteiger partial charge in [-0.3, -0.25) is 0 Å². The van der Waals surface area contributed by atoms with Crippen molar-refractivity contribution in [1.29, 1.82) is 0 Å². The molecule has 3 aromatic carbocycles. The van der Waals surface area contributed by atoms with Crippen molar-refractivity contribution < 1.29 is 24.5 Å². The van der Waals surface area contributed by atoms with Crippen LogP contribution in [0.1, 0.15) is 27.0 Å². The van der Waals surface area contributed by atoms with Crippen molar-refractivity contribution in [2.24, 2.45) is 0 Å². The van der Waals surface area contributed by atoms with Gasteiger partial charge >= 0.3 is 5.97 Å². The van der Waals surface area contributed by atoms with Crippen LogP contribution in [0.4, 0.5) is 0 Å². The van der Waals surface area contributed by atoms with E-state index >= 15 is 0 Å². The van der Waals surface area contributed by atoms with E-state index in [0.29, 0.717) is 40.1 Å². The monoisotopic (exact) mass is 674 g/mol. The molecule has 1 spiro atoms. The maximum atomic E-state index is 12.8. The zero-order valence-electron chi connectivity index (χ0n) is 14.1. The van der Waals surface area contributed by atoms with E-state index in [2.05, 4.69) is 63.7 Å². The van der Waals surface area contributed by atoms with Gasteiger partial charge in [0.1, 0.15) is 20.4 Å². The Hall–Kier alpha value is -1.02. The van der Waals surface area contributed by atoms with Crippen LogP contribution < -0.4 is 4.74 Å². The lowest BCUT2D eigenvalue weighted by molar-refractivity contribution is 0.0222. The predicted molar refractivity (Wildman–Crippen MR) is 129 cm³/mol. The molecule has 0 aromatic heterocycles. The molecule has 0 amide bonds. The summed E-state index contributed by atoms with van der Waals surface area (Å²) in [4.78, 5) is 12.8. The fourth-order valence-corrected chi connectivity index (χ4v) is 6.17. The molecular weight excluding hydrogens is 667 g/mol. The van der Waals surface area contributed by atoms with Crippen LogP contribution in [0.5, 0.6) is 23.0 Å². The zero-order valence-corrected chi connectivity index (χ0v) is 20.4. The first-order valence-corrected chi connectivity index (χ1v) is 11.4. The first-order valence-electron chi connectivity index (χ1n) is 8.21. The number of benzene rings is 3. The smallest absolute Gasteiger partial charge is 0.340 e. The van der Waals surface area contributed by atoms with Gasteiger partial charge in [0.25, 0.3) is 0 Å². The molecule has 152 valence electrons.